The van der Waals surface area contributed by atoms with Crippen molar-refractivity contribution in [2.75, 3.05) is 6.54 Å². The van der Waals surface area contributed by atoms with Gasteiger partial charge in [-0.2, -0.15) is 13.2 Å². The van der Waals surface area contributed by atoms with E-state index in [1.54, 1.807) is 6.07 Å². The van der Waals surface area contributed by atoms with Crippen LogP contribution in [0.15, 0.2) is 22.7 Å². The average Bonchev–Trinajstić information content (AvgIpc) is 2.83. The maximum atomic E-state index is 13.4. The Morgan fingerprint density at radius 2 is 1.96 bits per heavy atom. The molecular weight excluding hydrogens is 385 g/mol. The van der Waals surface area contributed by atoms with Crippen molar-refractivity contribution >= 4 is 22.0 Å². The van der Waals surface area contributed by atoms with Gasteiger partial charge in [-0.1, -0.05) is 42.8 Å². The molecule has 0 saturated carbocycles. The molecular formula is C17H22BrF3N2O. The number of carbonyl (C=O) groups excluding carboxylic acids is 1. The van der Waals surface area contributed by atoms with Crippen molar-refractivity contribution in [2.24, 2.45) is 17.1 Å². The van der Waals surface area contributed by atoms with E-state index in [2.05, 4.69) is 15.9 Å². The third-order valence-electron chi connectivity index (χ3n) is 4.75. The molecule has 2 unspecified atom stereocenters. The van der Waals surface area contributed by atoms with E-state index in [9.17, 15) is 18.0 Å². The lowest BCUT2D eigenvalue weighted by Gasteiger charge is -2.35. The number of likely N-dealkylation sites (tertiary alicyclic amines) is 1. The highest BCUT2D eigenvalue weighted by Crippen LogP contribution is 2.41. The average molecular weight is 407 g/mol. The monoisotopic (exact) mass is 406 g/mol. The molecule has 2 atom stereocenters. The zero-order valence-corrected chi connectivity index (χ0v) is 15.5. The number of urea groups is 1. The number of halogens is 4. The Balaban J connectivity index is 2.41. The molecule has 7 heteroatoms. The lowest BCUT2D eigenvalue weighted by Crippen LogP contribution is -2.45. The second-order valence-electron chi connectivity index (χ2n) is 7.36. The summed E-state index contributed by atoms with van der Waals surface area (Å²) in [4.78, 5) is 13.2. The third-order valence-corrected chi connectivity index (χ3v) is 5.24. The normalized spacial score (nSPS) is 22.0. The summed E-state index contributed by atoms with van der Waals surface area (Å²) >= 11 is 3.10. The molecule has 0 radical (unpaired) electrons. The fourth-order valence-electron chi connectivity index (χ4n) is 3.61. The van der Waals surface area contributed by atoms with Crippen molar-refractivity contribution in [1.29, 1.82) is 0 Å². The van der Waals surface area contributed by atoms with E-state index < -0.39 is 17.8 Å². The van der Waals surface area contributed by atoms with Gasteiger partial charge in [0.05, 0.1) is 5.56 Å². The largest absolute Gasteiger partial charge is 0.416 e. The van der Waals surface area contributed by atoms with Gasteiger partial charge in [-0.3, -0.25) is 0 Å². The topological polar surface area (TPSA) is 46.3 Å². The minimum absolute atomic E-state index is 0.0923. The molecule has 1 saturated heterocycles. The molecule has 0 bridgehead atoms. The maximum Gasteiger partial charge on any atom is 0.416 e. The van der Waals surface area contributed by atoms with Crippen LogP contribution in [-0.2, 0) is 12.6 Å². The van der Waals surface area contributed by atoms with Crippen LogP contribution in [-0.4, -0.2) is 23.5 Å². The lowest BCUT2D eigenvalue weighted by atomic mass is 9.74. The Morgan fingerprint density at radius 1 is 1.33 bits per heavy atom. The Bertz CT molecular complexity index is 625. The molecule has 2 N–H and O–H groups in total. The number of carbonyl (C=O) groups is 1. The van der Waals surface area contributed by atoms with Crippen molar-refractivity contribution in [3.63, 3.8) is 0 Å². The van der Waals surface area contributed by atoms with Crippen LogP contribution in [0.4, 0.5) is 18.0 Å². The van der Waals surface area contributed by atoms with Crippen molar-refractivity contribution < 1.29 is 18.0 Å². The summed E-state index contributed by atoms with van der Waals surface area (Å²) in [5, 5.41) is 0. The van der Waals surface area contributed by atoms with Gasteiger partial charge in [0.1, 0.15) is 0 Å². The SMILES string of the molecule is CC(C)(C)C1CCN(C(N)=O)C1Cc1ccc(Br)cc1C(F)(F)F. The molecule has 3 nitrogen and oxygen atoms in total. The van der Waals surface area contributed by atoms with Crippen LogP contribution in [0.3, 0.4) is 0 Å². The predicted octanol–water partition coefficient (Wildman–Crippen LogP) is 4.83. The molecule has 1 aliphatic rings. The van der Waals surface area contributed by atoms with E-state index in [0.717, 1.165) is 12.5 Å². The van der Waals surface area contributed by atoms with Crippen LogP contribution in [0.2, 0.25) is 0 Å². The standard InChI is InChI=1S/C17H22BrF3N2O/c1-16(2,3)12-6-7-23(15(22)24)14(12)8-10-4-5-11(18)9-13(10)17(19,20)21/h4-5,9,12,14H,6-8H2,1-3H3,(H2,22,24). The first-order chi connectivity index (χ1) is 10.9. The first-order valence-corrected chi connectivity index (χ1v) is 8.62. The first kappa shape index (κ1) is 19.1. The van der Waals surface area contributed by atoms with Crippen molar-refractivity contribution in [3.8, 4) is 0 Å². The maximum absolute atomic E-state index is 13.4. The van der Waals surface area contributed by atoms with Crippen LogP contribution in [0.5, 0.6) is 0 Å². The van der Waals surface area contributed by atoms with Gasteiger partial charge < -0.3 is 10.6 Å². The molecule has 134 valence electrons. The molecule has 24 heavy (non-hydrogen) atoms. The van der Waals surface area contributed by atoms with Crippen molar-refractivity contribution in [3.05, 3.63) is 33.8 Å². The van der Waals surface area contributed by atoms with Gasteiger partial charge in [0.15, 0.2) is 0 Å². The summed E-state index contributed by atoms with van der Waals surface area (Å²) in [6, 6.07) is 3.26. The fourth-order valence-corrected chi connectivity index (χ4v) is 3.97. The fraction of sp³-hybridized carbons (Fsp3) is 0.588. The molecule has 2 rings (SSSR count). The summed E-state index contributed by atoms with van der Waals surface area (Å²) < 4.78 is 40.5. The zero-order valence-electron chi connectivity index (χ0n) is 14.0. The van der Waals surface area contributed by atoms with Crippen LogP contribution in [0, 0.1) is 11.3 Å². The van der Waals surface area contributed by atoms with Crippen LogP contribution in [0.1, 0.15) is 38.3 Å². The summed E-state index contributed by atoms with van der Waals surface area (Å²) in [5.74, 6) is 0.0923. The Labute approximate surface area is 148 Å². The van der Waals surface area contributed by atoms with Gasteiger partial charge in [0.25, 0.3) is 0 Å². The highest BCUT2D eigenvalue weighted by atomic mass is 79.9. The number of hydrogen-bond acceptors (Lipinski definition) is 1. The van der Waals surface area contributed by atoms with Crippen LogP contribution >= 0.6 is 15.9 Å². The quantitative estimate of drug-likeness (QED) is 0.751. The van der Waals surface area contributed by atoms with Gasteiger partial charge in [-0.25, -0.2) is 4.79 Å². The number of hydrogen-bond donors (Lipinski definition) is 1. The van der Waals surface area contributed by atoms with Gasteiger partial charge in [-0.15, -0.1) is 0 Å². The van der Waals surface area contributed by atoms with Gasteiger partial charge in [0.2, 0.25) is 0 Å². The van der Waals surface area contributed by atoms with E-state index in [1.165, 1.54) is 11.0 Å². The number of rotatable bonds is 2. The van der Waals surface area contributed by atoms with E-state index in [0.29, 0.717) is 11.0 Å². The molecule has 0 spiro atoms. The number of alkyl halides is 3. The van der Waals surface area contributed by atoms with Crippen LogP contribution < -0.4 is 5.73 Å². The Hall–Kier alpha value is -1.24. The number of benzene rings is 1. The highest BCUT2D eigenvalue weighted by molar-refractivity contribution is 9.10. The summed E-state index contributed by atoms with van der Waals surface area (Å²) in [6.07, 6.45) is -3.55. The molecule has 2 amide bonds. The van der Waals surface area contributed by atoms with Gasteiger partial charge in [-0.05, 0) is 41.9 Å². The molecule has 1 aromatic carbocycles. The summed E-state index contributed by atoms with van der Waals surface area (Å²) in [7, 11) is 0. The molecule has 1 aromatic rings. The minimum atomic E-state index is -4.44. The van der Waals surface area contributed by atoms with E-state index in [1.807, 2.05) is 20.8 Å². The first-order valence-electron chi connectivity index (χ1n) is 7.83. The predicted molar refractivity (Wildman–Crippen MR) is 90.5 cm³/mol. The summed E-state index contributed by atoms with van der Waals surface area (Å²) in [6.45, 7) is 6.62. The van der Waals surface area contributed by atoms with E-state index in [-0.39, 0.29) is 29.4 Å². The summed E-state index contributed by atoms with van der Waals surface area (Å²) in [5.41, 5.74) is 4.86. The third kappa shape index (κ3) is 4.05. The van der Waals surface area contributed by atoms with E-state index >= 15 is 0 Å². The molecule has 0 aliphatic carbocycles. The number of nitrogens with zero attached hydrogens (tertiary/aromatic N) is 1. The molecule has 0 aromatic heterocycles. The minimum Gasteiger partial charge on any atom is -0.351 e. The highest BCUT2D eigenvalue weighted by Gasteiger charge is 2.43. The Morgan fingerprint density at radius 3 is 2.46 bits per heavy atom. The second kappa shape index (κ2) is 6.58. The Kier molecular flexibility index (Phi) is 5.23. The zero-order chi connectivity index (χ0) is 18.3. The molecule has 1 aliphatic heterocycles. The number of nitrogens with two attached hydrogens (primary N) is 1. The number of amides is 2. The van der Waals surface area contributed by atoms with Crippen molar-refractivity contribution in [2.45, 2.75) is 45.8 Å². The van der Waals surface area contributed by atoms with Gasteiger partial charge >= 0.3 is 12.2 Å². The van der Waals surface area contributed by atoms with Gasteiger partial charge in [0, 0.05) is 17.1 Å². The molecule has 1 heterocycles. The van der Waals surface area contributed by atoms with Crippen molar-refractivity contribution in [1.82, 2.24) is 4.90 Å². The van der Waals surface area contributed by atoms with E-state index in [4.69, 9.17) is 5.73 Å². The number of primary amides is 1. The van der Waals surface area contributed by atoms with Crippen LogP contribution in [0.25, 0.3) is 0 Å². The molecule has 1 fully saturated rings. The smallest absolute Gasteiger partial charge is 0.351 e. The lowest BCUT2D eigenvalue weighted by molar-refractivity contribution is -0.138. The second-order valence-corrected chi connectivity index (χ2v) is 8.28.